The minimum Gasteiger partial charge on any atom is -0.508 e. The molecule has 5 N–H and O–H groups in total. The molecule has 376 valence electrons. The van der Waals surface area contributed by atoms with Crippen LogP contribution in [0.4, 0.5) is 54.1 Å². The number of phenols is 1. The molecular weight excluding hydrogens is 944 g/mol. The molecule has 0 atom stereocenters. The van der Waals surface area contributed by atoms with Crippen LogP contribution in [0.15, 0.2) is 37.9 Å². The fourth-order valence-corrected chi connectivity index (χ4v) is 9.02. The van der Waals surface area contributed by atoms with E-state index in [0.717, 1.165) is 58.2 Å². The Bertz CT molecular complexity index is 2690. The maximum absolute atomic E-state index is 17.0. The molecule has 0 aliphatic carbocycles. The molecule has 3 aromatic heterocycles. The fourth-order valence-electron chi connectivity index (χ4n) is 9.02. The molecule has 0 radical (unpaired) electrons. The molecule has 0 bridgehead atoms. The van der Waals surface area contributed by atoms with Crippen LogP contribution >= 0.6 is 0 Å². The molecule has 2 aliphatic heterocycles. The number of aryl methyl sites for hydroxylation is 2. The number of benzene rings is 2. The van der Waals surface area contributed by atoms with Crippen LogP contribution in [0.1, 0.15) is 74.1 Å². The number of nitrogens with two attached hydrogens (primary N) is 2. The number of methoxy groups -OCH3 is 1. The summed E-state index contributed by atoms with van der Waals surface area (Å²) in [7, 11) is -0.311. The van der Waals surface area contributed by atoms with Crippen LogP contribution in [0.2, 0.25) is 0 Å². The molecule has 69 heavy (non-hydrogen) atoms. The lowest BCUT2D eigenvalue weighted by Gasteiger charge is -2.36. The summed E-state index contributed by atoms with van der Waals surface area (Å²) in [5.74, 6) is 0.943. The number of halogens is 11. The number of pyridine rings is 1. The van der Waals surface area contributed by atoms with Crippen LogP contribution in [0.5, 0.6) is 11.8 Å². The number of ether oxygens (including phenoxy) is 2. The van der Waals surface area contributed by atoms with Crippen molar-refractivity contribution >= 4 is 27.5 Å². The van der Waals surface area contributed by atoms with Gasteiger partial charge in [-0.2, -0.15) is 49.5 Å². The molecule has 2 fully saturated rings. The predicted octanol–water partition coefficient (Wildman–Crippen LogP) is 8.88. The molecule has 24 heteroatoms. The van der Waals surface area contributed by atoms with Crippen molar-refractivity contribution in [2.45, 2.75) is 101 Å². The maximum Gasteiger partial charge on any atom is 0.519 e. The first-order valence-corrected chi connectivity index (χ1v) is 21.6. The van der Waals surface area contributed by atoms with Crippen molar-refractivity contribution in [3.8, 4) is 35.4 Å². The van der Waals surface area contributed by atoms with Gasteiger partial charge in [-0.05, 0) is 121 Å². The SMILES string of the molecule is C#Cc1c(F)ccc2cc(O)cc(-c3nc(CCCCN(CCCCN)Cc4oc(=O)oc4C)c4c(N)nc(OCC56CCCN5CCC6)nc4c3F)c12.COC(C(F)(F)F)(C(F)(F)F)C(F)(F)F. The third-order valence-corrected chi connectivity index (χ3v) is 12.4. The molecule has 5 heterocycles. The van der Waals surface area contributed by atoms with Gasteiger partial charge in [0.1, 0.15) is 41.0 Å². The third-order valence-electron chi connectivity index (χ3n) is 12.4. The number of terminal acetylenes is 1. The van der Waals surface area contributed by atoms with E-state index in [9.17, 15) is 49.4 Å². The van der Waals surface area contributed by atoms with Crippen LogP contribution in [0.3, 0.4) is 0 Å². The van der Waals surface area contributed by atoms with E-state index in [1.165, 1.54) is 24.3 Å². The van der Waals surface area contributed by atoms with Gasteiger partial charge >= 0.3 is 36.0 Å². The Kier molecular flexibility index (Phi) is 15.8. The van der Waals surface area contributed by atoms with E-state index < -0.39 is 41.6 Å². The van der Waals surface area contributed by atoms with Crippen molar-refractivity contribution in [1.29, 1.82) is 0 Å². The average molecular weight is 992 g/mol. The lowest BCUT2D eigenvalue weighted by molar-refractivity contribution is -0.452. The van der Waals surface area contributed by atoms with Crippen LogP contribution in [-0.2, 0) is 17.7 Å². The Balaban J connectivity index is 0.000000450. The van der Waals surface area contributed by atoms with E-state index in [-0.39, 0.29) is 63.3 Å². The number of phenolic OH excluding ortho intramolecular Hbond substituents is 1. The van der Waals surface area contributed by atoms with Crippen molar-refractivity contribution in [1.82, 2.24) is 24.8 Å². The highest BCUT2D eigenvalue weighted by atomic mass is 19.4. The third kappa shape index (κ3) is 10.7. The summed E-state index contributed by atoms with van der Waals surface area (Å²) in [4.78, 5) is 30.2. The van der Waals surface area contributed by atoms with Gasteiger partial charge < -0.3 is 34.9 Å². The first kappa shape index (κ1) is 52.6. The summed E-state index contributed by atoms with van der Waals surface area (Å²) < 4.78 is 157. The molecule has 0 amide bonds. The largest absolute Gasteiger partial charge is 0.519 e. The molecular formula is C45H48F11N7O6. The normalized spacial score (nSPS) is 15.4. The van der Waals surface area contributed by atoms with E-state index >= 15 is 8.78 Å². The van der Waals surface area contributed by atoms with Crippen molar-refractivity contribution in [2.24, 2.45) is 5.73 Å². The maximum atomic E-state index is 17.0. The number of hydrogen-bond acceptors (Lipinski definition) is 13. The topological polar surface area (TPSA) is 179 Å². The van der Waals surface area contributed by atoms with Gasteiger partial charge in [0.05, 0.1) is 28.7 Å². The summed E-state index contributed by atoms with van der Waals surface area (Å²) in [6.07, 6.45) is -6.62. The van der Waals surface area contributed by atoms with Crippen molar-refractivity contribution in [2.75, 3.05) is 52.2 Å². The monoisotopic (exact) mass is 991 g/mol. The summed E-state index contributed by atoms with van der Waals surface area (Å²) in [6, 6.07) is 5.42. The highest BCUT2D eigenvalue weighted by molar-refractivity contribution is 6.03. The van der Waals surface area contributed by atoms with Gasteiger partial charge in [-0.25, -0.2) is 18.6 Å². The van der Waals surface area contributed by atoms with Gasteiger partial charge in [0, 0.05) is 18.1 Å². The Hall–Kier alpha value is -5.77. The number of unbranched alkanes of at least 4 members (excludes halogenated alkanes) is 2. The standard InChI is InChI=1S/C40H45F2N7O5.C5H3F9O/c1-3-27-29(41)12-11-25-20-26(50)21-28(32(25)27)35-34(42)36-33(37(44)47-38(46-36)52-23-40-13-8-18-49(40)19-9-14-40)30(45-35)10-4-6-16-48(17-7-5-15-43)22-31-24(2)53-39(51)54-31;1-15-2(3(6,7)8,4(9,10)11)5(12,13)14/h1,11-12,20-21,50H,4-10,13-19,22-23,43H2,2H3,(H2,44,46,47);1H3. The van der Waals surface area contributed by atoms with Gasteiger partial charge in [-0.1, -0.05) is 12.0 Å². The molecule has 0 unspecified atom stereocenters. The minimum absolute atomic E-state index is 0.0279. The molecule has 2 aromatic carbocycles. The molecule has 2 saturated heterocycles. The van der Waals surface area contributed by atoms with Crippen molar-refractivity contribution in [3.05, 3.63) is 69.3 Å². The van der Waals surface area contributed by atoms with E-state index in [0.29, 0.717) is 68.1 Å². The van der Waals surface area contributed by atoms with Gasteiger partial charge in [-0.3, -0.25) is 9.80 Å². The molecule has 13 nitrogen and oxygen atoms in total. The predicted molar refractivity (Wildman–Crippen MR) is 229 cm³/mol. The van der Waals surface area contributed by atoms with Crippen LogP contribution in [-0.4, -0.2) is 106 Å². The Morgan fingerprint density at radius 3 is 2.10 bits per heavy atom. The number of aromatic hydroxyl groups is 1. The van der Waals surface area contributed by atoms with Gasteiger partial charge in [-0.15, -0.1) is 6.42 Å². The number of fused-ring (bicyclic) bond motifs is 3. The number of alkyl halides is 9. The Morgan fingerprint density at radius 2 is 1.55 bits per heavy atom. The number of nitrogens with zero attached hydrogens (tertiary/aromatic N) is 5. The Morgan fingerprint density at radius 1 is 0.913 bits per heavy atom. The van der Waals surface area contributed by atoms with E-state index in [1.807, 2.05) is 0 Å². The van der Waals surface area contributed by atoms with E-state index in [2.05, 4.69) is 30.4 Å². The van der Waals surface area contributed by atoms with Gasteiger partial charge in [0.2, 0.25) is 0 Å². The number of aromatic nitrogens is 3. The van der Waals surface area contributed by atoms with Gasteiger partial charge in [0.15, 0.2) is 11.6 Å². The van der Waals surface area contributed by atoms with Crippen LogP contribution in [0.25, 0.3) is 32.9 Å². The fraction of sp³-hybridized carbons (Fsp3) is 0.511. The van der Waals surface area contributed by atoms with E-state index in [1.54, 1.807) is 6.92 Å². The second-order valence-corrected chi connectivity index (χ2v) is 16.7. The van der Waals surface area contributed by atoms with E-state index in [4.69, 9.17) is 36.4 Å². The summed E-state index contributed by atoms with van der Waals surface area (Å²) >= 11 is 0. The zero-order valence-corrected chi connectivity index (χ0v) is 37.2. The minimum atomic E-state index is -6.64. The zero-order valence-electron chi connectivity index (χ0n) is 37.2. The lowest BCUT2D eigenvalue weighted by Crippen LogP contribution is -2.67. The summed E-state index contributed by atoms with van der Waals surface area (Å²) in [5, 5.41) is 11.7. The zero-order chi connectivity index (χ0) is 50.7. The number of hydrogen-bond donors (Lipinski definition) is 3. The molecule has 7 rings (SSSR count). The second kappa shape index (κ2) is 20.7. The second-order valence-electron chi connectivity index (χ2n) is 16.7. The van der Waals surface area contributed by atoms with Gasteiger partial charge in [0.25, 0.3) is 0 Å². The molecule has 0 spiro atoms. The quantitative estimate of drug-likeness (QED) is 0.0486. The van der Waals surface area contributed by atoms with Crippen molar-refractivity contribution < 1.29 is 71.7 Å². The first-order valence-electron chi connectivity index (χ1n) is 21.6. The molecule has 5 aromatic rings. The summed E-state index contributed by atoms with van der Waals surface area (Å²) in [5.41, 5.74) is 6.30. The average Bonchev–Trinajstić information content (AvgIpc) is 3.94. The summed E-state index contributed by atoms with van der Waals surface area (Å²) in [6.45, 7) is 6.42. The molecule has 2 aliphatic rings. The lowest BCUT2D eigenvalue weighted by atomic mass is 9.95. The number of nitrogen functional groups attached to an aromatic ring is 1. The van der Waals surface area contributed by atoms with Crippen LogP contribution < -0.4 is 22.0 Å². The van der Waals surface area contributed by atoms with Crippen molar-refractivity contribution in [3.63, 3.8) is 0 Å². The smallest absolute Gasteiger partial charge is 0.508 e. The number of rotatable bonds is 16. The Labute approximate surface area is 386 Å². The number of anilines is 1. The molecule has 0 saturated carbocycles. The highest BCUT2D eigenvalue weighted by Crippen LogP contribution is 2.54. The van der Waals surface area contributed by atoms with Crippen LogP contribution in [0, 0.1) is 30.9 Å². The highest BCUT2D eigenvalue weighted by Gasteiger charge is 2.85. The first-order chi connectivity index (χ1) is 32.4.